The van der Waals surface area contributed by atoms with Crippen molar-refractivity contribution in [1.29, 1.82) is 0 Å². The highest BCUT2D eigenvalue weighted by atomic mass is 127. The van der Waals surface area contributed by atoms with Crippen LogP contribution in [-0.2, 0) is 0 Å². The highest BCUT2D eigenvalue weighted by Crippen LogP contribution is 2.24. The van der Waals surface area contributed by atoms with Gasteiger partial charge in [-0.1, -0.05) is 19.3 Å². The van der Waals surface area contributed by atoms with Gasteiger partial charge < -0.3 is 5.32 Å². The van der Waals surface area contributed by atoms with E-state index in [9.17, 15) is 0 Å². The van der Waals surface area contributed by atoms with Crippen molar-refractivity contribution < 1.29 is 0 Å². The minimum absolute atomic E-state index is 0.838. The Morgan fingerprint density at radius 2 is 2.13 bits per heavy atom. The fourth-order valence-corrected chi connectivity index (χ4v) is 2.57. The topological polar surface area (TPSA) is 37.8 Å². The van der Waals surface area contributed by atoms with Crippen molar-refractivity contribution in [2.45, 2.75) is 32.1 Å². The third kappa shape index (κ3) is 3.29. The lowest BCUT2D eigenvalue weighted by atomic mass is 9.89. The van der Waals surface area contributed by atoms with Gasteiger partial charge in [-0.25, -0.2) is 9.97 Å². The molecule has 0 unspecified atom stereocenters. The van der Waals surface area contributed by atoms with Crippen LogP contribution in [0, 0.1) is 9.49 Å². The molecule has 0 amide bonds. The number of nitrogens with zero attached hydrogens (tertiary/aromatic N) is 2. The van der Waals surface area contributed by atoms with E-state index in [0.717, 1.165) is 21.9 Å². The van der Waals surface area contributed by atoms with Crippen molar-refractivity contribution in [2.75, 3.05) is 11.9 Å². The van der Waals surface area contributed by atoms with Gasteiger partial charge in [-0.05, 0) is 41.4 Å². The number of halogens is 1. The predicted octanol–water partition coefficient (Wildman–Crippen LogP) is 3.07. The molecule has 1 saturated carbocycles. The molecule has 15 heavy (non-hydrogen) atoms. The van der Waals surface area contributed by atoms with Crippen molar-refractivity contribution >= 4 is 28.4 Å². The van der Waals surface area contributed by atoms with Crippen molar-refractivity contribution in [1.82, 2.24) is 9.97 Å². The SMILES string of the molecule is Ic1cncnc1NCC1CCCCC1. The quantitative estimate of drug-likeness (QED) is 0.871. The van der Waals surface area contributed by atoms with E-state index in [2.05, 4.69) is 37.9 Å². The molecule has 0 saturated heterocycles. The van der Waals surface area contributed by atoms with Crippen LogP contribution in [0.25, 0.3) is 0 Å². The van der Waals surface area contributed by atoms with Gasteiger partial charge in [-0.3, -0.25) is 0 Å². The van der Waals surface area contributed by atoms with Crippen LogP contribution >= 0.6 is 22.6 Å². The van der Waals surface area contributed by atoms with Gasteiger partial charge in [0.25, 0.3) is 0 Å². The van der Waals surface area contributed by atoms with Crippen molar-refractivity contribution in [3.63, 3.8) is 0 Å². The van der Waals surface area contributed by atoms with Gasteiger partial charge >= 0.3 is 0 Å². The van der Waals surface area contributed by atoms with Crippen molar-refractivity contribution in [3.05, 3.63) is 16.1 Å². The molecule has 0 spiro atoms. The van der Waals surface area contributed by atoms with E-state index in [1.165, 1.54) is 32.1 Å². The fourth-order valence-electron chi connectivity index (χ4n) is 2.08. The average molecular weight is 317 g/mol. The smallest absolute Gasteiger partial charge is 0.142 e. The summed E-state index contributed by atoms with van der Waals surface area (Å²) in [5, 5.41) is 3.42. The Morgan fingerprint density at radius 1 is 1.33 bits per heavy atom. The third-order valence-electron chi connectivity index (χ3n) is 2.95. The molecule has 0 aliphatic heterocycles. The fraction of sp³-hybridized carbons (Fsp3) is 0.636. The predicted molar refractivity (Wildman–Crippen MR) is 69.8 cm³/mol. The summed E-state index contributed by atoms with van der Waals surface area (Å²) in [6.45, 7) is 1.06. The number of hydrogen-bond donors (Lipinski definition) is 1. The summed E-state index contributed by atoms with van der Waals surface area (Å²) in [6.07, 6.45) is 10.4. The van der Waals surface area contributed by atoms with Crippen LogP contribution < -0.4 is 5.32 Å². The van der Waals surface area contributed by atoms with Gasteiger partial charge in [0.05, 0.1) is 3.57 Å². The molecule has 4 heteroatoms. The molecular formula is C11H16IN3. The van der Waals surface area contributed by atoms with Gasteiger partial charge in [-0.15, -0.1) is 0 Å². The Bertz CT molecular complexity index is 310. The molecule has 1 aliphatic rings. The Hall–Kier alpha value is -0.390. The lowest BCUT2D eigenvalue weighted by Crippen LogP contribution is -2.18. The average Bonchev–Trinajstić information content (AvgIpc) is 2.29. The van der Waals surface area contributed by atoms with Crippen LogP contribution in [0.1, 0.15) is 32.1 Å². The van der Waals surface area contributed by atoms with E-state index in [4.69, 9.17) is 0 Å². The lowest BCUT2D eigenvalue weighted by molar-refractivity contribution is 0.373. The first-order chi connectivity index (χ1) is 7.36. The summed E-state index contributed by atoms with van der Waals surface area (Å²) in [7, 11) is 0. The van der Waals surface area contributed by atoms with E-state index < -0.39 is 0 Å². The first-order valence-electron chi connectivity index (χ1n) is 5.55. The normalized spacial score (nSPS) is 17.7. The number of hydrogen-bond acceptors (Lipinski definition) is 3. The molecule has 1 aromatic rings. The maximum Gasteiger partial charge on any atom is 0.142 e. The summed E-state index contributed by atoms with van der Waals surface area (Å²) in [5.74, 6) is 1.82. The van der Waals surface area contributed by atoms with Crippen LogP contribution in [0.2, 0.25) is 0 Å². The first-order valence-corrected chi connectivity index (χ1v) is 6.63. The molecule has 0 bridgehead atoms. The summed E-state index contributed by atoms with van der Waals surface area (Å²) in [4.78, 5) is 8.21. The number of rotatable bonds is 3. The van der Waals surface area contributed by atoms with Crippen molar-refractivity contribution in [2.24, 2.45) is 5.92 Å². The monoisotopic (exact) mass is 317 g/mol. The molecule has 0 atom stereocenters. The maximum absolute atomic E-state index is 4.23. The molecule has 1 fully saturated rings. The molecule has 0 radical (unpaired) electrons. The van der Waals surface area contributed by atoms with Crippen LogP contribution in [-0.4, -0.2) is 16.5 Å². The molecule has 3 nitrogen and oxygen atoms in total. The van der Waals surface area contributed by atoms with Crippen LogP contribution in [0.15, 0.2) is 12.5 Å². The van der Waals surface area contributed by atoms with E-state index in [1.807, 2.05) is 6.20 Å². The largest absolute Gasteiger partial charge is 0.369 e. The number of anilines is 1. The number of aromatic nitrogens is 2. The Balaban J connectivity index is 1.84. The minimum atomic E-state index is 0.838. The molecule has 1 aromatic heterocycles. The van der Waals surface area contributed by atoms with E-state index in [0.29, 0.717) is 0 Å². The number of nitrogens with one attached hydrogen (secondary N) is 1. The summed E-state index contributed by atoms with van der Waals surface area (Å²) in [5.41, 5.74) is 0. The highest BCUT2D eigenvalue weighted by Gasteiger charge is 2.13. The van der Waals surface area contributed by atoms with E-state index >= 15 is 0 Å². The molecular weight excluding hydrogens is 301 g/mol. The second-order valence-corrected chi connectivity index (χ2v) is 5.27. The lowest BCUT2D eigenvalue weighted by Gasteiger charge is -2.22. The Kier molecular flexibility index (Phi) is 4.17. The molecule has 1 aliphatic carbocycles. The van der Waals surface area contributed by atoms with Gasteiger partial charge in [0, 0.05) is 12.7 Å². The van der Waals surface area contributed by atoms with Crippen LogP contribution in [0.4, 0.5) is 5.82 Å². The molecule has 1 heterocycles. The molecule has 1 N–H and O–H groups in total. The first kappa shape index (κ1) is 11.1. The van der Waals surface area contributed by atoms with Crippen molar-refractivity contribution in [3.8, 4) is 0 Å². The van der Waals surface area contributed by atoms with Gasteiger partial charge in [-0.2, -0.15) is 0 Å². The zero-order valence-corrected chi connectivity index (χ0v) is 10.9. The van der Waals surface area contributed by atoms with Crippen LogP contribution in [0.5, 0.6) is 0 Å². The Morgan fingerprint density at radius 3 is 2.87 bits per heavy atom. The van der Waals surface area contributed by atoms with Gasteiger partial charge in [0.1, 0.15) is 12.1 Å². The summed E-state index contributed by atoms with van der Waals surface area (Å²) in [6, 6.07) is 0. The standard InChI is InChI=1S/C11H16IN3/c12-10-7-13-8-15-11(10)14-6-9-4-2-1-3-5-9/h7-9H,1-6H2,(H,13,14,15). The second-order valence-electron chi connectivity index (χ2n) is 4.10. The Labute approximate surface area is 104 Å². The van der Waals surface area contributed by atoms with Gasteiger partial charge in [0.2, 0.25) is 0 Å². The van der Waals surface area contributed by atoms with E-state index in [1.54, 1.807) is 6.33 Å². The van der Waals surface area contributed by atoms with Gasteiger partial charge in [0.15, 0.2) is 0 Å². The highest BCUT2D eigenvalue weighted by molar-refractivity contribution is 14.1. The summed E-state index contributed by atoms with van der Waals surface area (Å²) < 4.78 is 1.10. The second kappa shape index (κ2) is 5.63. The maximum atomic E-state index is 4.23. The zero-order valence-electron chi connectivity index (χ0n) is 8.75. The summed E-state index contributed by atoms with van der Waals surface area (Å²) >= 11 is 2.27. The van der Waals surface area contributed by atoms with Crippen LogP contribution in [0.3, 0.4) is 0 Å². The molecule has 82 valence electrons. The minimum Gasteiger partial charge on any atom is -0.369 e. The van der Waals surface area contributed by atoms with E-state index in [-0.39, 0.29) is 0 Å². The third-order valence-corrected chi connectivity index (χ3v) is 3.74. The molecule has 2 rings (SSSR count). The molecule has 0 aromatic carbocycles. The zero-order chi connectivity index (χ0) is 10.5.